The predicted molar refractivity (Wildman–Crippen MR) is 69.1 cm³/mol. The van der Waals surface area contributed by atoms with Crippen molar-refractivity contribution in [2.45, 2.75) is 18.9 Å². The minimum atomic E-state index is -3.29. The predicted octanol–water partition coefficient (Wildman–Crippen LogP) is 1.60. The van der Waals surface area contributed by atoms with Crippen molar-refractivity contribution in [2.75, 3.05) is 11.0 Å². The van der Waals surface area contributed by atoms with Gasteiger partial charge in [0.15, 0.2) is 0 Å². The molecular weight excluding hydrogens is 343 g/mol. The first-order chi connectivity index (χ1) is 7.44. The molecule has 0 unspecified atom stereocenters. The Morgan fingerprint density at radius 1 is 1.56 bits per heavy atom. The van der Waals surface area contributed by atoms with E-state index in [-0.39, 0.29) is 6.10 Å². The highest BCUT2D eigenvalue weighted by Crippen LogP contribution is 2.31. The molecule has 0 spiro atoms. The first kappa shape index (κ1) is 11.9. The normalized spacial score (nSPS) is 15.9. The molecular formula is C9H11IN2O3S. The fraction of sp³-hybridized carbons (Fsp3) is 0.444. The van der Waals surface area contributed by atoms with Crippen LogP contribution in [0.1, 0.15) is 12.8 Å². The minimum Gasteiger partial charge on any atom is -0.489 e. The lowest BCUT2D eigenvalue weighted by Gasteiger charge is -2.09. The highest BCUT2D eigenvalue weighted by Gasteiger charge is 2.24. The number of anilines is 1. The van der Waals surface area contributed by atoms with Gasteiger partial charge in [-0.05, 0) is 35.4 Å². The molecule has 1 aliphatic rings. The molecule has 0 bridgehead atoms. The van der Waals surface area contributed by atoms with Gasteiger partial charge < -0.3 is 4.74 Å². The number of sulfonamides is 1. The fourth-order valence-corrected chi connectivity index (χ4v) is 2.04. The third-order valence-corrected chi connectivity index (χ3v) is 3.32. The van der Waals surface area contributed by atoms with E-state index in [1.807, 2.05) is 0 Å². The number of aromatic nitrogens is 1. The molecule has 1 fully saturated rings. The van der Waals surface area contributed by atoms with Gasteiger partial charge in [0.25, 0.3) is 0 Å². The van der Waals surface area contributed by atoms with Crippen molar-refractivity contribution in [1.29, 1.82) is 0 Å². The van der Waals surface area contributed by atoms with Crippen molar-refractivity contribution in [3.05, 3.63) is 15.8 Å². The summed E-state index contributed by atoms with van der Waals surface area (Å²) in [5.41, 5.74) is 0. The summed E-state index contributed by atoms with van der Waals surface area (Å²) in [6.45, 7) is 0. The van der Waals surface area contributed by atoms with Gasteiger partial charge in [0.2, 0.25) is 10.0 Å². The van der Waals surface area contributed by atoms with Gasteiger partial charge in [0.05, 0.1) is 15.9 Å². The molecule has 1 heterocycles. The van der Waals surface area contributed by atoms with E-state index >= 15 is 0 Å². The SMILES string of the molecule is CS(=O)(=O)Nc1cc(OC2CC2)c(I)cn1. The van der Waals surface area contributed by atoms with Crippen LogP contribution in [0.15, 0.2) is 12.3 Å². The summed E-state index contributed by atoms with van der Waals surface area (Å²) in [6, 6.07) is 1.61. The highest BCUT2D eigenvalue weighted by molar-refractivity contribution is 14.1. The second-order valence-corrected chi connectivity index (χ2v) is 6.60. The van der Waals surface area contributed by atoms with Gasteiger partial charge in [-0.2, -0.15) is 0 Å². The zero-order valence-electron chi connectivity index (χ0n) is 8.60. The van der Waals surface area contributed by atoms with Gasteiger partial charge in [-0.1, -0.05) is 0 Å². The van der Waals surface area contributed by atoms with E-state index in [4.69, 9.17) is 4.74 Å². The van der Waals surface area contributed by atoms with E-state index in [1.54, 1.807) is 12.3 Å². The van der Waals surface area contributed by atoms with Crippen LogP contribution in [0.2, 0.25) is 0 Å². The zero-order valence-corrected chi connectivity index (χ0v) is 11.6. The fourth-order valence-electron chi connectivity index (χ4n) is 1.12. The van der Waals surface area contributed by atoms with E-state index in [0.29, 0.717) is 11.6 Å². The molecule has 7 heteroatoms. The van der Waals surface area contributed by atoms with E-state index in [0.717, 1.165) is 22.7 Å². The smallest absolute Gasteiger partial charge is 0.230 e. The minimum absolute atomic E-state index is 0.280. The number of ether oxygens (including phenoxy) is 1. The molecule has 5 nitrogen and oxygen atoms in total. The number of hydrogen-bond donors (Lipinski definition) is 1. The summed E-state index contributed by atoms with van der Waals surface area (Å²) in [5, 5.41) is 0. The van der Waals surface area contributed by atoms with E-state index in [1.165, 1.54) is 0 Å². The van der Waals surface area contributed by atoms with E-state index < -0.39 is 10.0 Å². The van der Waals surface area contributed by atoms with Crippen LogP contribution in [0.25, 0.3) is 0 Å². The average molecular weight is 354 g/mol. The van der Waals surface area contributed by atoms with Crippen LogP contribution in [0.5, 0.6) is 5.75 Å². The molecule has 1 N–H and O–H groups in total. The Bertz CT molecular complexity index is 499. The van der Waals surface area contributed by atoms with Crippen molar-refractivity contribution in [3.8, 4) is 5.75 Å². The largest absolute Gasteiger partial charge is 0.489 e. The lowest BCUT2D eigenvalue weighted by Crippen LogP contribution is -2.11. The summed E-state index contributed by atoms with van der Waals surface area (Å²) in [7, 11) is -3.29. The van der Waals surface area contributed by atoms with Crippen LogP contribution in [0, 0.1) is 3.57 Å². The maximum absolute atomic E-state index is 11.0. The van der Waals surface area contributed by atoms with Crippen molar-refractivity contribution >= 4 is 38.4 Å². The third kappa shape index (κ3) is 3.48. The first-order valence-electron chi connectivity index (χ1n) is 4.74. The molecule has 0 radical (unpaired) electrons. The molecule has 0 aliphatic heterocycles. The number of rotatable bonds is 4. The number of halogens is 1. The van der Waals surface area contributed by atoms with Gasteiger partial charge >= 0.3 is 0 Å². The van der Waals surface area contributed by atoms with Crippen LogP contribution in [-0.2, 0) is 10.0 Å². The molecule has 16 heavy (non-hydrogen) atoms. The second kappa shape index (κ2) is 4.36. The van der Waals surface area contributed by atoms with Gasteiger partial charge in [-0.15, -0.1) is 0 Å². The molecule has 0 atom stereocenters. The summed E-state index contributed by atoms with van der Waals surface area (Å²) in [6.07, 6.45) is 5.09. The number of nitrogens with zero attached hydrogens (tertiary/aromatic N) is 1. The average Bonchev–Trinajstić information content (AvgIpc) is 2.92. The Morgan fingerprint density at radius 3 is 2.81 bits per heavy atom. The Hall–Kier alpha value is -0.570. The van der Waals surface area contributed by atoms with Crippen molar-refractivity contribution in [3.63, 3.8) is 0 Å². The quantitative estimate of drug-likeness (QED) is 0.834. The van der Waals surface area contributed by atoms with Crippen LogP contribution in [0.3, 0.4) is 0 Å². The summed E-state index contributed by atoms with van der Waals surface area (Å²) in [4.78, 5) is 3.97. The van der Waals surface area contributed by atoms with Crippen LogP contribution in [0.4, 0.5) is 5.82 Å². The van der Waals surface area contributed by atoms with Gasteiger partial charge in [-0.3, -0.25) is 4.72 Å². The summed E-state index contributed by atoms with van der Waals surface area (Å²) in [5.74, 6) is 0.975. The first-order valence-corrected chi connectivity index (χ1v) is 7.71. The Kier molecular flexibility index (Phi) is 3.24. The van der Waals surface area contributed by atoms with Crippen LogP contribution < -0.4 is 9.46 Å². The molecule has 88 valence electrons. The topological polar surface area (TPSA) is 68.3 Å². The maximum Gasteiger partial charge on any atom is 0.230 e. The lowest BCUT2D eigenvalue weighted by molar-refractivity contribution is 0.301. The lowest BCUT2D eigenvalue weighted by atomic mass is 10.4. The van der Waals surface area contributed by atoms with Crippen molar-refractivity contribution < 1.29 is 13.2 Å². The van der Waals surface area contributed by atoms with Gasteiger partial charge in [0, 0.05) is 12.3 Å². The highest BCUT2D eigenvalue weighted by atomic mass is 127. The molecule has 0 saturated heterocycles. The Labute approximate surface area is 108 Å². The summed E-state index contributed by atoms with van der Waals surface area (Å²) < 4.78 is 30.9. The molecule has 2 rings (SSSR count). The standard InChI is InChI=1S/C9H11IN2O3S/c1-16(13,14)12-9-4-8(7(10)5-11-9)15-6-2-3-6/h4-6H,2-3H2,1H3,(H,11,12). The second-order valence-electron chi connectivity index (χ2n) is 3.69. The molecule has 0 amide bonds. The van der Waals surface area contributed by atoms with Gasteiger partial charge in [-0.25, -0.2) is 13.4 Å². The zero-order chi connectivity index (χ0) is 11.8. The molecule has 1 aliphatic carbocycles. The Morgan fingerprint density at radius 2 is 2.25 bits per heavy atom. The maximum atomic E-state index is 11.0. The molecule has 1 saturated carbocycles. The molecule has 1 aromatic heterocycles. The van der Waals surface area contributed by atoms with Crippen LogP contribution >= 0.6 is 22.6 Å². The number of hydrogen-bond acceptors (Lipinski definition) is 4. The third-order valence-electron chi connectivity index (χ3n) is 1.93. The van der Waals surface area contributed by atoms with E-state index in [9.17, 15) is 8.42 Å². The van der Waals surface area contributed by atoms with E-state index in [2.05, 4.69) is 32.3 Å². The van der Waals surface area contributed by atoms with Crippen molar-refractivity contribution in [1.82, 2.24) is 4.98 Å². The number of pyridine rings is 1. The Balaban J connectivity index is 2.20. The molecule has 0 aromatic carbocycles. The van der Waals surface area contributed by atoms with Crippen molar-refractivity contribution in [2.24, 2.45) is 0 Å². The summed E-state index contributed by atoms with van der Waals surface area (Å²) >= 11 is 2.11. The molecule has 1 aromatic rings. The van der Waals surface area contributed by atoms with Crippen LogP contribution in [-0.4, -0.2) is 25.8 Å². The van der Waals surface area contributed by atoms with Gasteiger partial charge in [0.1, 0.15) is 11.6 Å². The number of nitrogens with one attached hydrogen (secondary N) is 1. The monoisotopic (exact) mass is 354 g/mol.